The molecule has 0 aliphatic rings. The molecule has 0 aromatic carbocycles. The van der Waals surface area contributed by atoms with E-state index in [9.17, 15) is 0 Å². The van der Waals surface area contributed by atoms with Crippen LogP contribution in [0.4, 0.5) is 0 Å². The van der Waals surface area contributed by atoms with Gasteiger partial charge in [0.05, 0.1) is 0 Å². The van der Waals surface area contributed by atoms with Crippen molar-refractivity contribution in [2.45, 2.75) is 6.92 Å². The molecule has 2 nitrogen and oxygen atoms in total. The van der Waals surface area contributed by atoms with E-state index in [1.54, 1.807) is 0 Å². The van der Waals surface area contributed by atoms with Gasteiger partial charge >= 0.3 is 49.8 Å². The third-order valence-corrected chi connectivity index (χ3v) is 0. The fourth-order valence-electron chi connectivity index (χ4n) is 0. The third kappa shape index (κ3) is 93.6. The van der Waals surface area contributed by atoms with Crippen LogP contribution in [0.15, 0.2) is 0 Å². The Kier molecular flexibility index (Phi) is 17.2. The number of aliphatic carboxylic acids is 1. The molecule has 0 rings (SSSR count). The van der Waals surface area contributed by atoms with Crippen LogP contribution >= 0.6 is 39.0 Å². The van der Waals surface area contributed by atoms with E-state index in [0.717, 1.165) is 17.7 Å². The van der Waals surface area contributed by atoms with Gasteiger partial charge in [0.15, 0.2) is 0 Å². The quantitative estimate of drug-likeness (QED) is 0.480. The van der Waals surface area contributed by atoms with Gasteiger partial charge in [-0.25, -0.2) is 0 Å². The summed E-state index contributed by atoms with van der Waals surface area (Å²) in [5.41, 5.74) is 0. The van der Waals surface area contributed by atoms with Crippen LogP contribution in [0.3, 0.4) is 0 Å². The summed E-state index contributed by atoms with van der Waals surface area (Å²) in [6.45, 7) is 1.08. The van der Waals surface area contributed by atoms with Crippen LogP contribution in [0.5, 0.6) is 0 Å². The number of carboxylic acids is 1. The number of carbonyl (C=O) groups is 1. The van der Waals surface area contributed by atoms with Crippen LogP contribution in [0.2, 0.25) is 0 Å². The fraction of sp³-hybridized carbons (Fsp3) is 0.500. The maximum atomic E-state index is 9.00. The van der Waals surface area contributed by atoms with Crippen molar-refractivity contribution in [1.29, 1.82) is 0 Å². The Bertz CT molecular complexity index is 45.0. The molecule has 0 aliphatic carbocycles. The van der Waals surface area contributed by atoms with Crippen LogP contribution in [-0.2, 0) is 15.5 Å². The Labute approximate surface area is 71.5 Å². The summed E-state index contributed by atoms with van der Waals surface area (Å²) in [7, 11) is 0.890. The first-order valence-electron chi connectivity index (χ1n) is 1.17. The summed E-state index contributed by atoms with van der Waals surface area (Å²) < 4.78 is 0. The first-order valence-corrected chi connectivity index (χ1v) is 10.4. The summed E-state index contributed by atoms with van der Waals surface area (Å²) >= 11 is 4.65. The van der Waals surface area contributed by atoms with Crippen LogP contribution in [0.1, 0.15) is 6.92 Å². The van der Waals surface area contributed by atoms with Gasteiger partial charge in [0.25, 0.3) is 5.97 Å². The van der Waals surface area contributed by atoms with E-state index >= 15 is 0 Å². The van der Waals surface area contributed by atoms with Crippen LogP contribution < -0.4 is 0 Å². The summed E-state index contributed by atoms with van der Waals surface area (Å²) in [6.07, 6.45) is 0. The van der Waals surface area contributed by atoms with E-state index in [2.05, 4.69) is 39.0 Å². The second kappa shape index (κ2) is 10.6. The van der Waals surface area contributed by atoms with E-state index in [-0.39, 0.29) is 0 Å². The van der Waals surface area contributed by atoms with Crippen molar-refractivity contribution in [3.05, 3.63) is 0 Å². The molecule has 48 valence electrons. The Morgan fingerprint density at radius 1 is 1.71 bits per heavy atom. The Balaban J connectivity index is 0. The summed E-state index contributed by atoms with van der Waals surface area (Å²) in [4.78, 5) is 9.00. The zero-order valence-electron chi connectivity index (χ0n) is 3.43. The predicted octanol–water partition coefficient (Wildman–Crippen LogP) is 1.86. The topological polar surface area (TPSA) is 37.3 Å². The molecule has 0 unspecified atom stereocenters. The van der Waals surface area contributed by atoms with E-state index in [4.69, 9.17) is 9.90 Å². The average Bonchev–Trinajstić information content (AvgIpc) is 1.33. The number of hydrogen-bond donors (Lipinski definition) is 1. The fourth-order valence-corrected chi connectivity index (χ4v) is 0. The maximum absolute atomic E-state index is 9.00. The van der Waals surface area contributed by atoms with Crippen molar-refractivity contribution >= 4 is 45.0 Å². The van der Waals surface area contributed by atoms with Gasteiger partial charge in [-0.2, -0.15) is 0 Å². The van der Waals surface area contributed by atoms with Crippen molar-refractivity contribution in [3.63, 3.8) is 0 Å². The monoisotopic (exact) mass is 420 g/mol. The Morgan fingerprint density at radius 3 is 1.71 bits per heavy atom. The van der Waals surface area contributed by atoms with Crippen molar-refractivity contribution in [2.24, 2.45) is 0 Å². The Morgan fingerprint density at radius 2 is 1.71 bits per heavy atom. The molecular formula is C2H4I2O2Pd. The molecule has 0 saturated carbocycles. The molecule has 0 bridgehead atoms. The molecule has 0 aromatic heterocycles. The Hall–Kier alpha value is 1.59. The van der Waals surface area contributed by atoms with E-state index < -0.39 is 5.97 Å². The zero-order chi connectivity index (χ0) is 6.28. The van der Waals surface area contributed by atoms with Crippen LogP contribution in [-0.4, -0.2) is 11.1 Å². The molecule has 7 heavy (non-hydrogen) atoms. The molecule has 0 radical (unpaired) electrons. The number of carboxylic acid groups (broad SMARTS) is 1. The molecule has 0 spiro atoms. The molecule has 0 aromatic rings. The first kappa shape index (κ1) is 11.4. The molecule has 0 aliphatic heterocycles. The summed E-state index contributed by atoms with van der Waals surface area (Å²) in [5, 5.41) is 7.42. The summed E-state index contributed by atoms with van der Waals surface area (Å²) in [5.74, 6) is -0.833. The van der Waals surface area contributed by atoms with Crippen LogP contribution in [0, 0.1) is 0 Å². The minimum atomic E-state index is -0.833. The number of hydrogen-bond acceptors (Lipinski definition) is 1. The number of halogens is 2. The standard InChI is InChI=1S/C2H4O2.2HI.Pd/c1-2(3)4;;;/h1H3,(H,3,4);2*1H;/q;;;+2/p-2. The van der Waals surface area contributed by atoms with Crippen molar-refractivity contribution < 1.29 is 20.7 Å². The predicted molar refractivity (Wildman–Crippen MR) is 41.3 cm³/mol. The van der Waals surface area contributed by atoms with Gasteiger partial charge in [0.2, 0.25) is 0 Å². The molecule has 0 fully saturated rings. The molecule has 0 atom stereocenters. The minimum absolute atomic E-state index is 0.833. The normalized spacial score (nSPS) is 6.71. The van der Waals surface area contributed by atoms with Crippen molar-refractivity contribution in [2.75, 3.05) is 0 Å². The number of rotatable bonds is 0. The SMILES string of the molecule is CC(=O)O.[I][Pd][I]. The van der Waals surface area contributed by atoms with Gasteiger partial charge in [-0.15, -0.1) is 0 Å². The van der Waals surface area contributed by atoms with Gasteiger partial charge in [0.1, 0.15) is 0 Å². The molecule has 5 heteroatoms. The van der Waals surface area contributed by atoms with Gasteiger partial charge < -0.3 is 5.11 Å². The molecule has 0 amide bonds. The molecule has 0 saturated heterocycles. The van der Waals surface area contributed by atoms with E-state index in [0.29, 0.717) is 0 Å². The van der Waals surface area contributed by atoms with Crippen molar-refractivity contribution in [3.8, 4) is 0 Å². The van der Waals surface area contributed by atoms with Gasteiger partial charge in [0, 0.05) is 6.92 Å². The second-order valence-corrected chi connectivity index (χ2v) is 12.5. The molecular weight excluding hydrogens is 416 g/mol. The third-order valence-electron chi connectivity index (χ3n) is 0. The average molecular weight is 420 g/mol. The van der Waals surface area contributed by atoms with Crippen molar-refractivity contribution in [1.82, 2.24) is 0 Å². The molecule has 0 heterocycles. The van der Waals surface area contributed by atoms with E-state index in [1.165, 1.54) is 0 Å². The van der Waals surface area contributed by atoms with Gasteiger partial charge in [-0.05, 0) is 0 Å². The zero-order valence-corrected chi connectivity index (χ0v) is 9.30. The second-order valence-electron chi connectivity index (χ2n) is 0.564. The van der Waals surface area contributed by atoms with E-state index in [1.807, 2.05) is 0 Å². The molecule has 1 N–H and O–H groups in total. The first-order chi connectivity index (χ1) is 3.15. The van der Waals surface area contributed by atoms with Crippen LogP contribution in [0.25, 0.3) is 0 Å². The van der Waals surface area contributed by atoms with Gasteiger partial charge in [-0.1, -0.05) is 0 Å². The summed E-state index contributed by atoms with van der Waals surface area (Å²) in [6, 6.07) is 0. The van der Waals surface area contributed by atoms with Gasteiger partial charge in [-0.3, -0.25) is 4.79 Å².